The van der Waals surface area contributed by atoms with Crippen molar-refractivity contribution in [2.24, 2.45) is 0 Å². The van der Waals surface area contributed by atoms with Gasteiger partial charge in [0.1, 0.15) is 12.4 Å². The van der Waals surface area contributed by atoms with Crippen LogP contribution in [0.5, 0.6) is 5.75 Å². The van der Waals surface area contributed by atoms with E-state index in [-0.39, 0.29) is 5.91 Å². The van der Waals surface area contributed by atoms with E-state index in [1.807, 2.05) is 12.1 Å². The van der Waals surface area contributed by atoms with Crippen LogP contribution in [0.1, 0.15) is 25.3 Å². The molecule has 2 N–H and O–H groups in total. The molecule has 0 radical (unpaired) electrons. The van der Waals surface area contributed by atoms with Crippen LogP contribution in [0.15, 0.2) is 24.3 Å². The van der Waals surface area contributed by atoms with Gasteiger partial charge in [-0.25, -0.2) is 0 Å². The quantitative estimate of drug-likeness (QED) is 0.721. The first-order valence-corrected chi connectivity index (χ1v) is 6.27. The fourth-order valence-corrected chi connectivity index (χ4v) is 1.53. The van der Waals surface area contributed by atoms with E-state index in [1.165, 1.54) is 5.56 Å². The van der Waals surface area contributed by atoms with Crippen molar-refractivity contribution in [1.82, 2.24) is 10.6 Å². The summed E-state index contributed by atoms with van der Waals surface area (Å²) < 4.78 is 5.53. The van der Waals surface area contributed by atoms with Crippen molar-refractivity contribution in [2.75, 3.05) is 26.7 Å². The third-order valence-electron chi connectivity index (χ3n) is 2.58. The SMILES string of the molecule is CNCC(=O)NCCOc1ccc(C(C)C)cc1. The molecule has 0 aromatic heterocycles. The van der Waals surface area contributed by atoms with Gasteiger partial charge in [-0.1, -0.05) is 26.0 Å². The molecule has 1 aromatic carbocycles. The van der Waals surface area contributed by atoms with Gasteiger partial charge in [0, 0.05) is 0 Å². The lowest BCUT2D eigenvalue weighted by molar-refractivity contribution is -0.120. The van der Waals surface area contributed by atoms with Gasteiger partial charge >= 0.3 is 0 Å². The largest absolute Gasteiger partial charge is 0.492 e. The van der Waals surface area contributed by atoms with E-state index < -0.39 is 0 Å². The number of carbonyl (C=O) groups is 1. The molecule has 0 aliphatic carbocycles. The van der Waals surface area contributed by atoms with E-state index in [4.69, 9.17) is 4.74 Å². The molecule has 0 atom stereocenters. The fourth-order valence-electron chi connectivity index (χ4n) is 1.53. The molecule has 4 heteroatoms. The molecule has 0 bridgehead atoms. The van der Waals surface area contributed by atoms with Crippen molar-refractivity contribution >= 4 is 5.91 Å². The first kappa shape index (κ1) is 14.5. The molecule has 0 heterocycles. The summed E-state index contributed by atoms with van der Waals surface area (Å²) in [6, 6.07) is 8.06. The number of hydrogen-bond acceptors (Lipinski definition) is 3. The molecule has 0 unspecified atom stereocenters. The predicted octanol–water partition coefficient (Wildman–Crippen LogP) is 1.52. The summed E-state index contributed by atoms with van der Waals surface area (Å²) in [6.07, 6.45) is 0. The Balaban J connectivity index is 2.25. The van der Waals surface area contributed by atoms with Crippen LogP contribution in [0, 0.1) is 0 Å². The van der Waals surface area contributed by atoms with Crippen molar-refractivity contribution in [3.8, 4) is 5.75 Å². The van der Waals surface area contributed by atoms with Gasteiger partial charge in [-0.2, -0.15) is 0 Å². The van der Waals surface area contributed by atoms with Crippen molar-refractivity contribution in [3.63, 3.8) is 0 Å². The smallest absolute Gasteiger partial charge is 0.234 e. The molecule has 18 heavy (non-hydrogen) atoms. The summed E-state index contributed by atoms with van der Waals surface area (Å²) >= 11 is 0. The lowest BCUT2D eigenvalue weighted by atomic mass is 10.0. The van der Waals surface area contributed by atoms with E-state index in [0.29, 0.717) is 25.6 Å². The molecule has 0 saturated carbocycles. The number of likely N-dealkylation sites (N-methyl/N-ethyl adjacent to an activating group) is 1. The van der Waals surface area contributed by atoms with Gasteiger partial charge < -0.3 is 15.4 Å². The molecule has 0 fully saturated rings. The minimum atomic E-state index is -0.0174. The molecule has 4 nitrogen and oxygen atoms in total. The van der Waals surface area contributed by atoms with E-state index >= 15 is 0 Å². The number of hydrogen-bond donors (Lipinski definition) is 2. The van der Waals surface area contributed by atoms with Gasteiger partial charge in [-0.15, -0.1) is 0 Å². The average Bonchev–Trinajstić information content (AvgIpc) is 2.35. The monoisotopic (exact) mass is 250 g/mol. The van der Waals surface area contributed by atoms with Crippen LogP contribution in [0.25, 0.3) is 0 Å². The number of nitrogens with one attached hydrogen (secondary N) is 2. The summed E-state index contributed by atoms with van der Waals surface area (Å²) in [5.41, 5.74) is 1.30. The van der Waals surface area contributed by atoms with Crippen LogP contribution >= 0.6 is 0 Å². The summed E-state index contributed by atoms with van der Waals surface area (Å²) in [6.45, 7) is 5.66. The van der Waals surface area contributed by atoms with E-state index in [0.717, 1.165) is 5.75 Å². The number of amides is 1. The second-order valence-corrected chi connectivity index (χ2v) is 4.45. The Hall–Kier alpha value is -1.55. The summed E-state index contributed by atoms with van der Waals surface area (Å²) in [7, 11) is 1.74. The Bertz CT molecular complexity index is 361. The Morgan fingerprint density at radius 1 is 1.28 bits per heavy atom. The summed E-state index contributed by atoms with van der Waals surface area (Å²) in [5, 5.41) is 5.55. The molecular weight excluding hydrogens is 228 g/mol. The second kappa shape index (κ2) is 7.71. The number of carbonyl (C=O) groups excluding carboxylic acids is 1. The third kappa shape index (κ3) is 5.19. The highest BCUT2D eigenvalue weighted by Crippen LogP contribution is 2.18. The van der Waals surface area contributed by atoms with Crippen LogP contribution in [0.4, 0.5) is 0 Å². The Morgan fingerprint density at radius 2 is 1.94 bits per heavy atom. The van der Waals surface area contributed by atoms with E-state index in [9.17, 15) is 4.79 Å². The summed E-state index contributed by atoms with van der Waals surface area (Å²) in [5.74, 6) is 1.35. The minimum Gasteiger partial charge on any atom is -0.492 e. The lowest BCUT2D eigenvalue weighted by Crippen LogP contribution is -2.34. The molecule has 100 valence electrons. The maximum absolute atomic E-state index is 11.1. The second-order valence-electron chi connectivity index (χ2n) is 4.45. The molecule has 1 rings (SSSR count). The minimum absolute atomic E-state index is 0.0174. The molecule has 0 saturated heterocycles. The van der Waals surface area contributed by atoms with Crippen LogP contribution in [-0.2, 0) is 4.79 Å². The van der Waals surface area contributed by atoms with E-state index in [2.05, 4.69) is 36.6 Å². The van der Waals surface area contributed by atoms with Gasteiger partial charge in [0.25, 0.3) is 0 Å². The average molecular weight is 250 g/mol. The van der Waals surface area contributed by atoms with Crippen LogP contribution in [0.2, 0.25) is 0 Å². The number of ether oxygens (including phenoxy) is 1. The van der Waals surface area contributed by atoms with Crippen molar-refractivity contribution in [1.29, 1.82) is 0 Å². The molecule has 0 aliphatic rings. The molecule has 0 spiro atoms. The Morgan fingerprint density at radius 3 is 2.50 bits per heavy atom. The van der Waals surface area contributed by atoms with Gasteiger partial charge in [0.2, 0.25) is 5.91 Å². The Labute approximate surface area is 109 Å². The maximum atomic E-state index is 11.1. The van der Waals surface area contributed by atoms with Crippen LogP contribution in [0.3, 0.4) is 0 Å². The van der Waals surface area contributed by atoms with Gasteiger partial charge in [0.15, 0.2) is 0 Å². The normalized spacial score (nSPS) is 10.4. The first-order valence-electron chi connectivity index (χ1n) is 6.27. The van der Waals surface area contributed by atoms with E-state index in [1.54, 1.807) is 7.05 Å². The van der Waals surface area contributed by atoms with Gasteiger partial charge in [-0.3, -0.25) is 4.79 Å². The summed E-state index contributed by atoms with van der Waals surface area (Å²) in [4.78, 5) is 11.1. The number of benzene rings is 1. The molecule has 1 aromatic rings. The van der Waals surface area contributed by atoms with Crippen molar-refractivity contribution in [3.05, 3.63) is 29.8 Å². The third-order valence-corrected chi connectivity index (χ3v) is 2.58. The highest BCUT2D eigenvalue weighted by Gasteiger charge is 2.00. The van der Waals surface area contributed by atoms with Crippen molar-refractivity contribution < 1.29 is 9.53 Å². The maximum Gasteiger partial charge on any atom is 0.234 e. The lowest BCUT2D eigenvalue weighted by Gasteiger charge is -2.09. The number of rotatable bonds is 7. The van der Waals surface area contributed by atoms with Crippen molar-refractivity contribution in [2.45, 2.75) is 19.8 Å². The van der Waals surface area contributed by atoms with Gasteiger partial charge in [-0.05, 0) is 30.7 Å². The fraction of sp³-hybridized carbons (Fsp3) is 0.500. The molecule has 0 aliphatic heterocycles. The highest BCUT2D eigenvalue weighted by atomic mass is 16.5. The predicted molar refractivity (Wildman–Crippen MR) is 73.0 cm³/mol. The Kier molecular flexibility index (Phi) is 6.22. The zero-order valence-corrected chi connectivity index (χ0v) is 11.3. The molecular formula is C14H22N2O2. The zero-order chi connectivity index (χ0) is 13.4. The zero-order valence-electron chi connectivity index (χ0n) is 11.3. The highest BCUT2D eigenvalue weighted by molar-refractivity contribution is 5.77. The standard InChI is InChI=1S/C14H22N2O2/c1-11(2)12-4-6-13(7-5-12)18-9-8-16-14(17)10-15-3/h4-7,11,15H,8-10H2,1-3H3,(H,16,17). The topological polar surface area (TPSA) is 50.4 Å². The first-order chi connectivity index (χ1) is 8.63. The van der Waals surface area contributed by atoms with Gasteiger partial charge in [0.05, 0.1) is 13.1 Å². The molecule has 1 amide bonds. The van der Waals surface area contributed by atoms with Crippen LogP contribution in [-0.4, -0.2) is 32.7 Å². The van der Waals surface area contributed by atoms with Crippen LogP contribution < -0.4 is 15.4 Å².